The minimum atomic E-state index is -0.808. The van der Waals surface area contributed by atoms with Gasteiger partial charge in [-0.05, 0) is 74.6 Å². The van der Waals surface area contributed by atoms with Crippen LogP contribution >= 0.6 is 0 Å². The first-order valence-electron chi connectivity index (χ1n) is 17.4. The molecule has 1 atom stereocenters. The summed E-state index contributed by atoms with van der Waals surface area (Å²) in [5.41, 5.74) is 2.99. The molecule has 0 saturated carbocycles. The van der Waals surface area contributed by atoms with Crippen LogP contribution in [0.15, 0.2) is 67.1 Å². The van der Waals surface area contributed by atoms with Crippen LogP contribution in [0.25, 0.3) is 11.5 Å². The number of nitrogens with zero attached hydrogens (tertiary/aromatic N) is 5. The Labute approximate surface area is 298 Å². The third kappa shape index (κ3) is 14.1. The highest BCUT2D eigenvalue weighted by Gasteiger charge is 2.14. The van der Waals surface area contributed by atoms with Gasteiger partial charge < -0.3 is 39.3 Å². The first-order valence-corrected chi connectivity index (χ1v) is 17.4. The van der Waals surface area contributed by atoms with Gasteiger partial charge in [0, 0.05) is 44.1 Å². The zero-order chi connectivity index (χ0) is 36.1. The van der Waals surface area contributed by atoms with Gasteiger partial charge in [-0.15, -0.1) is 10.2 Å². The number of rotatable bonds is 25. The molecule has 51 heavy (non-hydrogen) atoms. The molecule has 0 saturated heterocycles. The average molecular weight is 704 g/mol. The number of carboxylic acids is 1. The molecule has 3 N–H and O–H groups in total. The normalized spacial score (nSPS) is 11.6. The van der Waals surface area contributed by atoms with Gasteiger partial charge in [0.1, 0.15) is 17.8 Å². The van der Waals surface area contributed by atoms with Gasteiger partial charge in [-0.3, -0.25) is 9.59 Å². The Morgan fingerprint density at radius 2 is 1.57 bits per heavy atom. The maximum atomic E-state index is 13.2. The number of anilines is 1. The lowest BCUT2D eigenvalue weighted by atomic mass is 10.1. The van der Waals surface area contributed by atoms with Gasteiger partial charge in [-0.2, -0.15) is 0 Å². The summed E-state index contributed by atoms with van der Waals surface area (Å²) in [7, 11) is 1.89. The van der Waals surface area contributed by atoms with Crippen molar-refractivity contribution in [1.29, 1.82) is 0 Å². The number of ether oxygens (including phenoxy) is 4. The number of benzene rings is 2. The molecule has 14 heteroatoms. The van der Waals surface area contributed by atoms with E-state index in [1.807, 2.05) is 61.0 Å². The molecule has 0 aliphatic carbocycles. The Morgan fingerprint density at radius 3 is 2.31 bits per heavy atom. The van der Waals surface area contributed by atoms with Crippen molar-refractivity contribution in [3.8, 4) is 17.3 Å². The number of hydrogen-bond acceptors (Lipinski definition) is 11. The molecule has 4 aromatic rings. The molecular weight excluding hydrogens is 654 g/mol. The number of carboxylic acid groups (broad SMARTS) is 1. The zero-order valence-electron chi connectivity index (χ0n) is 29.5. The molecule has 0 bridgehead atoms. The summed E-state index contributed by atoms with van der Waals surface area (Å²) in [5.74, 6) is 1.18. The smallest absolute Gasteiger partial charge is 0.303 e. The number of aromatic nitrogens is 5. The maximum absolute atomic E-state index is 13.2. The van der Waals surface area contributed by atoms with Crippen molar-refractivity contribution in [1.82, 2.24) is 30.0 Å². The fraction of sp³-hybridized carbons (Fsp3) is 0.459. The van der Waals surface area contributed by atoms with Gasteiger partial charge >= 0.3 is 5.97 Å². The maximum Gasteiger partial charge on any atom is 0.303 e. The molecule has 274 valence electrons. The molecule has 2 aromatic heterocycles. The number of nitrogens with one attached hydrogen (secondary N) is 2. The van der Waals surface area contributed by atoms with Gasteiger partial charge in [0.25, 0.3) is 5.91 Å². The van der Waals surface area contributed by atoms with Crippen LogP contribution in [-0.4, -0.2) is 88.0 Å². The lowest BCUT2D eigenvalue weighted by Crippen LogP contribution is -2.26. The summed E-state index contributed by atoms with van der Waals surface area (Å²) in [5, 5.41) is 23.6. The topological polar surface area (TPSA) is 172 Å². The van der Waals surface area contributed by atoms with Gasteiger partial charge in [-0.1, -0.05) is 24.6 Å². The van der Waals surface area contributed by atoms with E-state index in [-0.39, 0.29) is 18.4 Å². The second kappa shape index (κ2) is 22.0. The summed E-state index contributed by atoms with van der Waals surface area (Å²) >= 11 is 0. The molecule has 2 heterocycles. The Balaban J connectivity index is 1.08. The Morgan fingerprint density at radius 1 is 0.843 bits per heavy atom. The first-order chi connectivity index (χ1) is 24.9. The van der Waals surface area contributed by atoms with Gasteiger partial charge in [0.2, 0.25) is 0 Å². The largest absolute Gasteiger partial charge is 0.494 e. The van der Waals surface area contributed by atoms with Crippen molar-refractivity contribution in [3.63, 3.8) is 0 Å². The quantitative estimate of drug-likeness (QED) is 0.0769. The molecule has 0 spiro atoms. The molecule has 0 fully saturated rings. The van der Waals surface area contributed by atoms with Crippen molar-refractivity contribution < 1.29 is 33.6 Å². The van der Waals surface area contributed by atoms with E-state index in [1.165, 1.54) is 6.33 Å². The molecule has 2 aromatic carbocycles. The summed E-state index contributed by atoms with van der Waals surface area (Å²) in [6, 6.07) is 16.8. The Kier molecular flexibility index (Phi) is 16.8. The average Bonchev–Trinajstić information content (AvgIpc) is 3.52. The summed E-state index contributed by atoms with van der Waals surface area (Å²) in [6.45, 7) is 6.10. The van der Waals surface area contributed by atoms with Crippen molar-refractivity contribution in [2.24, 2.45) is 7.05 Å². The monoisotopic (exact) mass is 703 g/mol. The number of hydrogen-bond donors (Lipinski definition) is 3. The predicted molar refractivity (Wildman–Crippen MR) is 191 cm³/mol. The van der Waals surface area contributed by atoms with Crippen molar-refractivity contribution >= 4 is 17.6 Å². The van der Waals surface area contributed by atoms with Crippen LogP contribution in [0, 0.1) is 0 Å². The number of amides is 1. The van der Waals surface area contributed by atoms with E-state index in [0.717, 1.165) is 48.5 Å². The van der Waals surface area contributed by atoms with Crippen LogP contribution < -0.4 is 15.4 Å². The van der Waals surface area contributed by atoms with Crippen LogP contribution in [0.2, 0.25) is 0 Å². The highest BCUT2D eigenvalue weighted by molar-refractivity contribution is 5.95. The number of carbonyl (C=O) groups excluding carboxylic acids is 1. The summed E-state index contributed by atoms with van der Waals surface area (Å²) < 4.78 is 24.3. The van der Waals surface area contributed by atoms with E-state index in [2.05, 4.69) is 30.8 Å². The molecule has 0 radical (unpaired) electrons. The SMILES string of the molecule is C[C@@H](NC(=O)c1cccc(NCc2nnc(-c3ccncn3)n2C)c1)c1cccc(OCCCCCCOCCOCCOCCCC(=O)O)c1. The van der Waals surface area contributed by atoms with Crippen molar-refractivity contribution in [2.45, 2.75) is 58.0 Å². The van der Waals surface area contributed by atoms with E-state index >= 15 is 0 Å². The highest BCUT2D eigenvalue weighted by atomic mass is 16.5. The van der Waals surface area contributed by atoms with E-state index in [4.69, 9.17) is 24.1 Å². The van der Waals surface area contributed by atoms with Gasteiger partial charge in [0.05, 0.1) is 45.6 Å². The number of aliphatic carboxylic acids is 1. The predicted octanol–water partition coefficient (Wildman–Crippen LogP) is 5.23. The van der Waals surface area contributed by atoms with Crippen LogP contribution in [0.1, 0.15) is 73.2 Å². The summed E-state index contributed by atoms with van der Waals surface area (Å²) in [4.78, 5) is 31.8. The lowest BCUT2D eigenvalue weighted by Gasteiger charge is -2.16. The molecule has 4 rings (SSSR count). The number of carbonyl (C=O) groups is 2. The molecule has 0 aliphatic rings. The van der Waals surface area contributed by atoms with Crippen LogP contribution in [0.4, 0.5) is 5.69 Å². The third-order valence-electron chi connectivity index (χ3n) is 7.93. The third-order valence-corrected chi connectivity index (χ3v) is 7.93. The highest BCUT2D eigenvalue weighted by Crippen LogP contribution is 2.21. The van der Waals surface area contributed by atoms with E-state index < -0.39 is 5.97 Å². The standard InChI is InChI=1S/C37H49N7O7/c1-28(41-37(47)30-11-7-12-31(24-30)39-26-34-42-43-36(44(34)2)33-15-16-38-27-40-33)29-10-8-13-32(25-29)51-19-6-4-3-5-17-48-20-22-50-23-21-49-18-9-14-35(45)46/h7-8,10-13,15-16,24-25,27-28,39H,3-6,9,14,17-23,26H2,1-2H3,(H,41,47)(H,45,46)/t28-/m1/s1. The second-order valence-corrected chi connectivity index (χ2v) is 11.9. The van der Waals surface area contributed by atoms with Crippen LogP contribution in [0.5, 0.6) is 5.75 Å². The van der Waals surface area contributed by atoms with Gasteiger partial charge in [-0.25, -0.2) is 9.97 Å². The summed E-state index contributed by atoms with van der Waals surface area (Å²) in [6.07, 6.45) is 7.79. The molecule has 0 unspecified atom stereocenters. The lowest BCUT2D eigenvalue weighted by molar-refractivity contribution is -0.137. The molecule has 0 aliphatic heterocycles. The molecular formula is C37H49N7O7. The Bertz CT molecular complexity index is 1620. The van der Waals surface area contributed by atoms with Crippen molar-refractivity contribution in [2.75, 3.05) is 51.6 Å². The van der Waals surface area contributed by atoms with Gasteiger partial charge in [0.15, 0.2) is 11.6 Å². The molecule has 14 nitrogen and oxygen atoms in total. The second-order valence-electron chi connectivity index (χ2n) is 11.9. The Hall–Kier alpha value is -4.92. The fourth-order valence-electron chi connectivity index (χ4n) is 5.07. The van der Waals surface area contributed by atoms with E-state index in [0.29, 0.717) is 76.3 Å². The van der Waals surface area contributed by atoms with Crippen LogP contribution in [0.3, 0.4) is 0 Å². The number of unbranched alkanes of at least 4 members (excludes halogenated alkanes) is 3. The van der Waals surface area contributed by atoms with E-state index in [1.54, 1.807) is 18.3 Å². The van der Waals surface area contributed by atoms with E-state index in [9.17, 15) is 9.59 Å². The fourth-order valence-corrected chi connectivity index (χ4v) is 5.07. The minimum absolute atomic E-state index is 0.122. The first kappa shape index (κ1) is 38.9. The minimum Gasteiger partial charge on any atom is -0.494 e. The van der Waals surface area contributed by atoms with Crippen LogP contribution in [-0.2, 0) is 32.6 Å². The van der Waals surface area contributed by atoms with Crippen molar-refractivity contribution in [3.05, 3.63) is 84.1 Å². The zero-order valence-corrected chi connectivity index (χ0v) is 29.5. The molecule has 1 amide bonds.